The highest BCUT2D eigenvalue weighted by atomic mass is 79.9. The first-order valence-corrected chi connectivity index (χ1v) is 7.07. The maximum atomic E-state index is 11.2. The second-order valence-electron chi connectivity index (χ2n) is 3.34. The fourth-order valence-corrected chi connectivity index (χ4v) is 2.07. The Morgan fingerprint density at radius 3 is 2.31 bits per heavy atom. The van der Waals surface area contributed by atoms with Crippen LogP contribution in [0.4, 0.5) is 0 Å². The van der Waals surface area contributed by atoms with E-state index >= 15 is 0 Å². The molecule has 2 rings (SSSR count). The Bertz CT molecular complexity index is 467. The zero-order valence-corrected chi connectivity index (χ0v) is 11.1. The van der Waals surface area contributed by atoms with Gasteiger partial charge in [0.25, 0.3) is 0 Å². The average Bonchev–Trinajstić information content (AvgIpc) is 2.30. The molecule has 82 valence electrons. The van der Waals surface area contributed by atoms with Crippen molar-refractivity contribution in [2.75, 3.05) is 6.26 Å². The molecule has 0 aliphatic rings. The molecular weight excluding hydrogens is 286 g/mol. The Labute approximate surface area is 106 Å². The van der Waals surface area contributed by atoms with E-state index in [1.807, 2.05) is 36.4 Å². The Kier molecular flexibility index (Phi) is 3.63. The molecule has 0 radical (unpaired) electrons. The lowest BCUT2D eigenvalue weighted by Crippen LogP contribution is -1.97. The van der Waals surface area contributed by atoms with Gasteiger partial charge in [-0.3, -0.25) is 4.98 Å². The summed E-state index contributed by atoms with van der Waals surface area (Å²) in [6, 6.07) is 11.7. The van der Waals surface area contributed by atoms with Gasteiger partial charge >= 0.3 is 0 Å². The smallest absolute Gasteiger partial charge is 0.170 e. The molecule has 2 nitrogen and oxygen atoms in total. The molecule has 0 aliphatic heterocycles. The van der Waals surface area contributed by atoms with Crippen molar-refractivity contribution in [3.63, 3.8) is 0 Å². The Balaban J connectivity index is 2.31. The lowest BCUT2D eigenvalue weighted by Gasteiger charge is -2.05. The number of nitrogens with zero attached hydrogens (tertiary/aromatic N) is 1. The third-order valence-electron chi connectivity index (χ3n) is 2.21. The molecule has 0 saturated heterocycles. The minimum atomic E-state index is -0.967. The third-order valence-corrected chi connectivity index (χ3v) is 3.64. The molecule has 4 heteroatoms. The molecule has 0 bridgehead atoms. The fourth-order valence-electron chi connectivity index (χ4n) is 1.34. The summed E-state index contributed by atoms with van der Waals surface area (Å²) >= 11 is 2.42. The van der Waals surface area contributed by atoms with Crippen LogP contribution in [0.3, 0.4) is 0 Å². The zero-order chi connectivity index (χ0) is 11.5. The van der Waals surface area contributed by atoms with E-state index in [1.54, 1.807) is 12.5 Å². The fraction of sp³-hybridized carbons (Fsp3) is 0.0833. The highest BCUT2D eigenvalue weighted by Crippen LogP contribution is 2.20. The van der Waals surface area contributed by atoms with Crippen LogP contribution in [0.5, 0.6) is 0 Å². The maximum absolute atomic E-state index is 11.2. The van der Waals surface area contributed by atoms with Gasteiger partial charge in [0.1, 0.15) is 6.26 Å². The van der Waals surface area contributed by atoms with Gasteiger partial charge in [0.05, 0.1) is 11.9 Å². The number of hydrogen-bond donors (Lipinski definition) is 0. The molecule has 0 amide bonds. The van der Waals surface area contributed by atoms with E-state index in [1.165, 1.54) is 0 Å². The van der Waals surface area contributed by atoms with Crippen molar-refractivity contribution < 1.29 is 4.55 Å². The molecule has 0 spiro atoms. The average molecular weight is 296 g/mol. The molecule has 2 aromatic rings. The Morgan fingerprint density at radius 2 is 1.81 bits per heavy atom. The molecule has 1 unspecified atom stereocenters. The lowest BCUT2D eigenvalue weighted by molar-refractivity contribution is 0.600. The van der Waals surface area contributed by atoms with Crippen LogP contribution in [0.1, 0.15) is 0 Å². The van der Waals surface area contributed by atoms with Crippen molar-refractivity contribution in [3.8, 4) is 11.3 Å². The predicted molar refractivity (Wildman–Crippen MR) is 69.7 cm³/mol. The lowest BCUT2D eigenvalue weighted by atomic mass is 10.1. The van der Waals surface area contributed by atoms with Gasteiger partial charge < -0.3 is 4.55 Å². The molecule has 0 fully saturated rings. The normalized spacial score (nSPS) is 12.4. The molecule has 1 heterocycles. The highest BCUT2D eigenvalue weighted by Gasteiger charge is 2.05. The standard InChI is InChI=1S/C12H10BrNOS/c1-16(15)11-6-7-12(14-8-11)9-2-4-10(13)5-3-9/h2-8H,1H3. The van der Waals surface area contributed by atoms with Crippen molar-refractivity contribution in [1.82, 2.24) is 4.98 Å². The molecule has 16 heavy (non-hydrogen) atoms. The van der Waals surface area contributed by atoms with E-state index in [-0.39, 0.29) is 0 Å². The van der Waals surface area contributed by atoms with Crippen molar-refractivity contribution in [2.24, 2.45) is 0 Å². The van der Waals surface area contributed by atoms with Gasteiger partial charge in [-0.1, -0.05) is 28.1 Å². The summed E-state index contributed by atoms with van der Waals surface area (Å²) < 4.78 is 12.2. The number of benzene rings is 1. The van der Waals surface area contributed by atoms with Crippen molar-refractivity contribution in [3.05, 3.63) is 47.1 Å². The maximum Gasteiger partial charge on any atom is 0.170 e. The van der Waals surface area contributed by atoms with Crippen LogP contribution in [0.15, 0.2) is 52.0 Å². The van der Waals surface area contributed by atoms with Crippen molar-refractivity contribution in [1.29, 1.82) is 0 Å². The van der Waals surface area contributed by atoms with Gasteiger partial charge in [0, 0.05) is 10.0 Å². The SMILES string of the molecule is C[S+]([O-])c1ccc(-c2ccc(Br)cc2)nc1. The topological polar surface area (TPSA) is 36.0 Å². The van der Waals surface area contributed by atoms with Crippen LogP contribution in [0, 0.1) is 0 Å². The molecule has 0 saturated carbocycles. The van der Waals surface area contributed by atoms with Gasteiger partial charge in [-0.15, -0.1) is 0 Å². The van der Waals surface area contributed by atoms with Crippen molar-refractivity contribution >= 4 is 27.1 Å². The van der Waals surface area contributed by atoms with E-state index < -0.39 is 11.2 Å². The quantitative estimate of drug-likeness (QED) is 0.798. The first-order valence-electron chi connectivity index (χ1n) is 4.72. The minimum absolute atomic E-state index is 0.751. The number of aromatic nitrogens is 1. The Hall–Kier alpha value is -0.840. The number of hydrogen-bond acceptors (Lipinski definition) is 2. The third kappa shape index (κ3) is 2.64. The van der Waals surface area contributed by atoms with Crippen LogP contribution < -0.4 is 0 Å². The van der Waals surface area contributed by atoms with Gasteiger partial charge in [-0.2, -0.15) is 0 Å². The summed E-state index contributed by atoms with van der Waals surface area (Å²) in [5.74, 6) is 0. The molecule has 1 aromatic carbocycles. The van der Waals surface area contributed by atoms with Gasteiger partial charge in [-0.25, -0.2) is 0 Å². The summed E-state index contributed by atoms with van der Waals surface area (Å²) in [6.07, 6.45) is 3.31. The molecule has 1 aromatic heterocycles. The first kappa shape index (κ1) is 11.6. The zero-order valence-electron chi connectivity index (χ0n) is 8.68. The van der Waals surface area contributed by atoms with E-state index in [4.69, 9.17) is 0 Å². The van der Waals surface area contributed by atoms with Gasteiger partial charge in [0.2, 0.25) is 0 Å². The highest BCUT2D eigenvalue weighted by molar-refractivity contribution is 9.10. The minimum Gasteiger partial charge on any atom is -0.612 e. The van der Waals surface area contributed by atoms with Crippen LogP contribution in [-0.2, 0) is 11.2 Å². The second kappa shape index (κ2) is 4.99. The van der Waals surface area contributed by atoms with E-state index in [9.17, 15) is 4.55 Å². The molecular formula is C12H10BrNOS. The van der Waals surface area contributed by atoms with Crippen molar-refractivity contribution in [2.45, 2.75) is 4.90 Å². The Morgan fingerprint density at radius 1 is 1.12 bits per heavy atom. The van der Waals surface area contributed by atoms with Crippen LogP contribution in [0.2, 0.25) is 0 Å². The van der Waals surface area contributed by atoms with Gasteiger partial charge in [-0.05, 0) is 35.4 Å². The molecule has 0 aliphatic carbocycles. The van der Waals surface area contributed by atoms with E-state index in [2.05, 4.69) is 20.9 Å². The second-order valence-corrected chi connectivity index (χ2v) is 5.64. The monoisotopic (exact) mass is 295 g/mol. The van der Waals surface area contributed by atoms with Gasteiger partial charge in [0.15, 0.2) is 4.90 Å². The molecule has 1 atom stereocenters. The van der Waals surface area contributed by atoms with E-state index in [0.717, 1.165) is 20.6 Å². The van der Waals surface area contributed by atoms with Crippen LogP contribution in [0.25, 0.3) is 11.3 Å². The van der Waals surface area contributed by atoms with E-state index in [0.29, 0.717) is 0 Å². The number of halogens is 1. The van der Waals surface area contributed by atoms with Crippen LogP contribution >= 0.6 is 15.9 Å². The summed E-state index contributed by atoms with van der Waals surface area (Å²) in [5.41, 5.74) is 1.94. The predicted octanol–water partition coefficient (Wildman–Crippen LogP) is 3.25. The summed E-state index contributed by atoms with van der Waals surface area (Å²) in [7, 11) is 0. The largest absolute Gasteiger partial charge is 0.612 e. The molecule has 0 N–H and O–H groups in total. The number of rotatable bonds is 2. The number of pyridine rings is 1. The summed E-state index contributed by atoms with van der Waals surface area (Å²) in [6.45, 7) is 0. The first-order chi connectivity index (χ1) is 7.66. The summed E-state index contributed by atoms with van der Waals surface area (Å²) in [4.78, 5) is 5.04. The summed E-state index contributed by atoms with van der Waals surface area (Å²) in [5, 5.41) is 0. The van der Waals surface area contributed by atoms with Crippen LogP contribution in [-0.4, -0.2) is 15.8 Å².